The van der Waals surface area contributed by atoms with Crippen LogP contribution in [0.25, 0.3) is 0 Å². The number of esters is 1. The van der Waals surface area contributed by atoms with Crippen molar-refractivity contribution in [2.24, 2.45) is 0 Å². The first-order valence-corrected chi connectivity index (χ1v) is 8.48. The Hall–Kier alpha value is -2.46. The van der Waals surface area contributed by atoms with Crippen LogP contribution in [0.2, 0.25) is 0 Å². The summed E-state index contributed by atoms with van der Waals surface area (Å²) in [7, 11) is -2.40. The summed E-state index contributed by atoms with van der Waals surface area (Å²) in [4.78, 5) is 34.3. The highest BCUT2D eigenvalue weighted by atomic mass is 32.2. The molecule has 1 aromatic carbocycles. The first kappa shape index (κ1) is 19.6. The molecule has 0 fully saturated rings. The van der Waals surface area contributed by atoms with Crippen LogP contribution in [0.15, 0.2) is 23.1 Å². The molecular weight excluding hydrogens is 338 g/mol. The molecule has 0 aliphatic heterocycles. The van der Waals surface area contributed by atoms with Crippen LogP contribution in [0.1, 0.15) is 22.8 Å². The fraction of sp³-hybridized carbons (Fsp3) is 0.357. The van der Waals surface area contributed by atoms with E-state index in [4.69, 9.17) is 4.74 Å². The molecule has 0 aliphatic rings. The zero-order chi connectivity index (χ0) is 18.3. The van der Waals surface area contributed by atoms with Crippen LogP contribution in [0.3, 0.4) is 0 Å². The van der Waals surface area contributed by atoms with E-state index in [-0.39, 0.29) is 17.0 Å². The number of nitrogens with one attached hydrogen (secondary N) is 3. The Morgan fingerprint density at radius 2 is 1.88 bits per heavy atom. The summed E-state index contributed by atoms with van der Waals surface area (Å²) in [6.07, 6.45) is 0. The smallest absolute Gasteiger partial charge is 0.338 e. The average molecular weight is 357 g/mol. The van der Waals surface area contributed by atoms with E-state index in [0.717, 1.165) is 0 Å². The maximum atomic E-state index is 12.0. The predicted molar refractivity (Wildman–Crippen MR) is 84.9 cm³/mol. The first-order valence-electron chi connectivity index (χ1n) is 7.00. The minimum Gasteiger partial charge on any atom is -0.452 e. The standard InChI is InChI=1S/C14H19N3O6S/c1-4-16-24(21,22)10-6-5-9(2)11(7-10)13(19)23-8-12(18)17-14(20)15-3/h5-7,16H,4,8H2,1-3H3,(H2,15,17,18,20). The molecule has 0 radical (unpaired) electrons. The monoisotopic (exact) mass is 357 g/mol. The number of carbonyl (C=O) groups is 3. The summed E-state index contributed by atoms with van der Waals surface area (Å²) in [5.41, 5.74) is 0.504. The molecule has 0 bridgehead atoms. The van der Waals surface area contributed by atoms with Crippen LogP contribution in [-0.4, -0.2) is 46.5 Å². The van der Waals surface area contributed by atoms with Gasteiger partial charge in [-0.05, 0) is 24.6 Å². The Morgan fingerprint density at radius 1 is 1.21 bits per heavy atom. The van der Waals surface area contributed by atoms with Crippen molar-refractivity contribution >= 4 is 27.9 Å². The van der Waals surface area contributed by atoms with Gasteiger partial charge in [0.05, 0.1) is 10.5 Å². The van der Waals surface area contributed by atoms with Crippen molar-refractivity contribution in [2.45, 2.75) is 18.7 Å². The fourth-order valence-electron chi connectivity index (χ4n) is 1.70. The van der Waals surface area contributed by atoms with Gasteiger partial charge in [0.1, 0.15) is 0 Å². The first-order chi connectivity index (χ1) is 11.2. The molecule has 0 saturated heterocycles. The zero-order valence-corrected chi connectivity index (χ0v) is 14.3. The predicted octanol–water partition coefficient (Wildman–Crippen LogP) is -0.0944. The van der Waals surface area contributed by atoms with Crippen molar-refractivity contribution in [3.05, 3.63) is 29.3 Å². The number of ether oxygens (including phenoxy) is 1. The molecule has 0 heterocycles. The van der Waals surface area contributed by atoms with Gasteiger partial charge in [0, 0.05) is 13.6 Å². The fourth-order valence-corrected chi connectivity index (χ4v) is 2.76. The van der Waals surface area contributed by atoms with Gasteiger partial charge in [-0.3, -0.25) is 10.1 Å². The van der Waals surface area contributed by atoms with Gasteiger partial charge >= 0.3 is 12.0 Å². The lowest BCUT2D eigenvalue weighted by atomic mass is 10.1. The molecule has 3 amide bonds. The summed E-state index contributed by atoms with van der Waals surface area (Å²) in [5, 5.41) is 4.11. The zero-order valence-electron chi connectivity index (χ0n) is 13.5. The third kappa shape index (κ3) is 5.32. The number of sulfonamides is 1. The Kier molecular flexibility index (Phi) is 6.86. The van der Waals surface area contributed by atoms with Crippen LogP contribution < -0.4 is 15.4 Å². The highest BCUT2D eigenvalue weighted by Gasteiger charge is 2.19. The minimum absolute atomic E-state index is 0.0155. The minimum atomic E-state index is -3.72. The molecule has 0 saturated carbocycles. The van der Waals surface area contributed by atoms with E-state index in [9.17, 15) is 22.8 Å². The van der Waals surface area contributed by atoms with Gasteiger partial charge in [-0.1, -0.05) is 13.0 Å². The van der Waals surface area contributed by atoms with E-state index in [1.54, 1.807) is 13.8 Å². The largest absolute Gasteiger partial charge is 0.452 e. The second-order valence-electron chi connectivity index (χ2n) is 4.68. The van der Waals surface area contributed by atoms with Crippen LogP contribution in [0, 0.1) is 6.92 Å². The van der Waals surface area contributed by atoms with Gasteiger partial charge in [-0.2, -0.15) is 0 Å². The molecule has 0 spiro atoms. The van der Waals surface area contributed by atoms with Gasteiger partial charge in [0.25, 0.3) is 5.91 Å². The third-order valence-corrected chi connectivity index (χ3v) is 4.43. The molecule has 0 aliphatic carbocycles. The second-order valence-corrected chi connectivity index (χ2v) is 6.45. The summed E-state index contributed by atoms with van der Waals surface area (Å²) in [5.74, 6) is -1.68. The van der Waals surface area contributed by atoms with E-state index in [1.807, 2.05) is 5.32 Å². The quantitative estimate of drug-likeness (QED) is 0.610. The van der Waals surface area contributed by atoms with Crippen molar-refractivity contribution in [1.29, 1.82) is 0 Å². The number of carbonyl (C=O) groups excluding carboxylic acids is 3. The summed E-state index contributed by atoms with van der Waals surface area (Å²) in [6, 6.07) is 3.27. The van der Waals surface area contributed by atoms with Gasteiger partial charge in [0.2, 0.25) is 10.0 Å². The summed E-state index contributed by atoms with van der Waals surface area (Å²) in [6.45, 7) is 2.77. The van der Waals surface area contributed by atoms with Crippen molar-refractivity contribution in [3.8, 4) is 0 Å². The van der Waals surface area contributed by atoms with E-state index >= 15 is 0 Å². The molecular formula is C14H19N3O6S. The molecule has 1 aromatic rings. The Bertz CT molecular complexity index is 745. The van der Waals surface area contributed by atoms with Crippen molar-refractivity contribution in [1.82, 2.24) is 15.4 Å². The average Bonchev–Trinajstić information content (AvgIpc) is 2.52. The Labute approximate surface area is 139 Å². The highest BCUT2D eigenvalue weighted by Crippen LogP contribution is 2.16. The summed E-state index contributed by atoms with van der Waals surface area (Å²) < 4.78 is 31.0. The number of amides is 3. The number of urea groups is 1. The van der Waals surface area contributed by atoms with Gasteiger partial charge < -0.3 is 10.1 Å². The van der Waals surface area contributed by atoms with Gasteiger partial charge in [-0.25, -0.2) is 22.7 Å². The number of rotatable bonds is 6. The van der Waals surface area contributed by atoms with E-state index in [0.29, 0.717) is 5.56 Å². The lowest BCUT2D eigenvalue weighted by Crippen LogP contribution is -2.39. The third-order valence-electron chi connectivity index (χ3n) is 2.89. The highest BCUT2D eigenvalue weighted by molar-refractivity contribution is 7.89. The molecule has 0 aromatic heterocycles. The van der Waals surface area contributed by atoms with E-state index in [1.165, 1.54) is 25.2 Å². The number of hydrogen-bond acceptors (Lipinski definition) is 6. The maximum Gasteiger partial charge on any atom is 0.338 e. The molecule has 0 unspecified atom stereocenters. The lowest BCUT2D eigenvalue weighted by Gasteiger charge is -2.10. The SMILES string of the molecule is CCNS(=O)(=O)c1ccc(C)c(C(=O)OCC(=O)NC(=O)NC)c1. The van der Waals surface area contributed by atoms with Crippen LogP contribution >= 0.6 is 0 Å². The maximum absolute atomic E-state index is 12.0. The lowest BCUT2D eigenvalue weighted by molar-refractivity contribution is -0.123. The van der Waals surface area contributed by atoms with Crippen molar-refractivity contribution in [2.75, 3.05) is 20.2 Å². The van der Waals surface area contributed by atoms with Crippen LogP contribution in [0.5, 0.6) is 0 Å². The number of imide groups is 1. The molecule has 3 N–H and O–H groups in total. The van der Waals surface area contributed by atoms with Crippen molar-refractivity contribution < 1.29 is 27.5 Å². The van der Waals surface area contributed by atoms with Crippen LogP contribution in [-0.2, 0) is 19.6 Å². The molecule has 10 heteroatoms. The van der Waals surface area contributed by atoms with Crippen molar-refractivity contribution in [3.63, 3.8) is 0 Å². The molecule has 24 heavy (non-hydrogen) atoms. The van der Waals surface area contributed by atoms with Crippen LogP contribution in [0.4, 0.5) is 4.79 Å². The number of aryl methyl sites for hydroxylation is 1. The van der Waals surface area contributed by atoms with Gasteiger partial charge in [-0.15, -0.1) is 0 Å². The normalized spacial score (nSPS) is 10.8. The molecule has 0 atom stereocenters. The van der Waals surface area contributed by atoms with E-state index < -0.39 is 34.5 Å². The second kappa shape index (κ2) is 8.41. The summed E-state index contributed by atoms with van der Waals surface area (Å²) >= 11 is 0. The van der Waals surface area contributed by atoms with E-state index in [2.05, 4.69) is 10.0 Å². The Morgan fingerprint density at radius 3 is 2.46 bits per heavy atom. The number of benzene rings is 1. The molecule has 132 valence electrons. The molecule has 9 nitrogen and oxygen atoms in total. The molecule has 1 rings (SSSR count). The van der Waals surface area contributed by atoms with Gasteiger partial charge in [0.15, 0.2) is 6.61 Å². The number of hydrogen-bond donors (Lipinski definition) is 3. The topological polar surface area (TPSA) is 131 Å². The Balaban J connectivity index is 2.87.